The van der Waals surface area contributed by atoms with Gasteiger partial charge in [0.25, 0.3) is 0 Å². The third-order valence-electron chi connectivity index (χ3n) is 5.12. The van der Waals surface area contributed by atoms with Crippen LogP contribution in [-0.2, 0) is 4.79 Å². The molecule has 2 heterocycles. The Morgan fingerprint density at radius 1 is 1.27 bits per heavy atom. The number of ketones is 1. The van der Waals surface area contributed by atoms with Crippen molar-refractivity contribution < 1.29 is 4.79 Å². The largest absolute Gasteiger partial charge is 0.322 e. The van der Waals surface area contributed by atoms with E-state index in [1.807, 2.05) is 24.7 Å². The van der Waals surface area contributed by atoms with Gasteiger partial charge in [-0.25, -0.2) is 4.98 Å². The lowest BCUT2D eigenvalue weighted by molar-refractivity contribution is -0.124. The smallest absolute Gasteiger partial charge is 0.138 e. The van der Waals surface area contributed by atoms with Crippen molar-refractivity contribution in [2.75, 3.05) is 0 Å². The number of halogens is 1. The molecule has 0 bridgehead atoms. The zero-order valence-corrected chi connectivity index (χ0v) is 13.2. The Balaban J connectivity index is 1.66. The molecule has 0 unspecified atom stereocenters. The summed E-state index contributed by atoms with van der Waals surface area (Å²) in [5.41, 5.74) is 3.27. The van der Waals surface area contributed by atoms with Crippen LogP contribution in [0.4, 0.5) is 0 Å². The lowest BCUT2D eigenvalue weighted by Crippen LogP contribution is -2.21. The van der Waals surface area contributed by atoms with Crippen LogP contribution < -0.4 is 0 Å². The van der Waals surface area contributed by atoms with Crippen molar-refractivity contribution >= 4 is 17.4 Å². The summed E-state index contributed by atoms with van der Waals surface area (Å²) in [6.07, 6.45) is 9.97. The van der Waals surface area contributed by atoms with Gasteiger partial charge >= 0.3 is 0 Å². The molecule has 1 aliphatic heterocycles. The van der Waals surface area contributed by atoms with Gasteiger partial charge in [0.15, 0.2) is 0 Å². The van der Waals surface area contributed by atoms with Crippen molar-refractivity contribution in [3.63, 3.8) is 0 Å². The van der Waals surface area contributed by atoms with Gasteiger partial charge in [-0.2, -0.15) is 0 Å². The van der Waals surface area contributed by atoms with Crippen molar-refractivity contribution in [3.05, 3.63) is 41.3 Å². The summed E-state index contributed by atoms with van der Waals surface area (Å²) >= 11 is 6.44. The predicted octanol–water partition coefficient (Wildman–Crippen LogP) is 4.65. The summed E-state index contributed by atoms with van der Waals surface area (Å²) in [6.45, 7) is 0. The number of nitrogens with zero attached hydrogens (tertiary/aromatic N) is 2. The van der Waals surface area contributed by atoms with E-state index in [1.165, 1.54) is 19.3 Å². The molecule has 1 saturated carbocycles. The van der Waals surface area contributed by atoms with Crippen molar-refractivity contribution in [1.29, 1.82) is 0 Å². The van der Waals surface area contributed by atoms with Gasteiger partial charge in [0.05, 0.1) is 24.3 Å². The third-order valence-corrected chi connectivity index (χ3v) is 5.45. The molecule has 22 heavy (non-hydrogen) atoms. The van der Waals surface area contributed by atoms with Crippen LogP contribution in [0.25, 0.3) is 11.3 Å². The third kappa shape index (κ3) is 2.19. The monoisotopic (exact) mass is 314 g/mol. The molecule has 0 spiro atoms. The number of rotatable bonds is 3. The Kier molecular flexibility index (Phi) is 3.53. The number of carbonyl (C=O) groups is 1. The highest BCUT2D eigenvalue weighted by Crippen LogP contribution is 2.45. The molecule has 2 aromatic rings. The van der Waals surface area contributed by atoms with E-state index in [0.717, 1.165) is 34.7 Å². The molecule has 0 saturated heterocycles. The van der Waals surface area contributed by atoms with Crippen LogP contribution in [0.15, 0.2) is 30.7 Å². The highest BCUT2D eigenvalue weighted by atomic mass is 35.5. The van der Waals surface area contributed by atoms with Crippen molar-refractivity contribution in [3.8, 4) is 11.3 Å². The summed E-state index contributed by atoms with van der Waals surface area (Å²) in [5.74, 6) is 0.629. The fourth-order valence-corrected chi connectivity index (χ4v) is 4.28. The Labute approximate surface area is 135 Å². The van der Waals surface area contributed by atoms with E-state index in [9.17, 15) is 4.79 Å². The summed E-state index contributed by atoms with van der Waals surface area (Å²) < 4.78 is 2.11. The van der Waals surface area contributed by atoms with Gasteiger partial charge in [-0.1, -0.05) is 43.0 Å². The maximum atomic E-state index is 12.7. The van der Waals surface area contributed by atoms with E-state index in [2.05, 4.69) is 15.6 Å². The molecular formula is C18H19ClN2O. The molecule has 4 heteroatoms. The van der Waals surface area contributed by atoms with Crippen LogP contribution in [0, 0.1) is 5.92 Å². The first-order valence-electron chi connectivity index (χ1n) is 8.09. The van der Waals surface area contributed by atoms with Crippen molar-refractivity contribution in [1.82, 2.24) is 9.55 Å². The molecule has 0 N–H and O–H groups in total. The number of imidazole rings is 1. The lowest BCUT2D eigenvalue weighted by atomic mass is 9.83. The van der Waals surface area contributed by atoms with Gasteiger partial charge in [-0.05, 0) is 18.9 Å². The normalized spacial score (nSPS) is 20.7. The molecule has 0 amide bonds. The van der Waals surface area contributed by atoms with E-state index >= 15 is 0 Å². The van der Waals surface area contributed by atoms with E-state index < -0.39 is 0 Å². The number of benzene rings is 1. The molecule has 114 valence electrons. The van der Waals surface area contributed by atoms with Crippen LogP contribution in [0.5, 0.6) is 0 Å². The van der Waals surface area contributed by atoms with Crippen molar-refractivity contribution in [2.45, 2.75) is 44.6 Å². The second kappa shape index (κ2) is 5.54. The zero-order chi connectivity index (χ0) is 15.1. The minimum absolute atomic E-state index is 0.00984. The molecule has 0 radical (unpaired) electrons. The van der Waals surface area contributed by atoms with Crippen LogP contribution in [0.2, 0.25) is 5.02 Å². The number of aromatic nitrogens is 2. The second-order valence-corrected chi connectivity index (χ2v) is 6.82. The van der Waals surface area contributed by atoms with Crippen LogP contribution >= 0.6 is 11.6 Å². The maximum absolute atomic E-state index is 12.7. The summed E-state index contributed by atoms with van der Waals surface area (Å²) in [5, 5.41) is 0.752. The first-order chi connectivity index (χ1) is 10.8. The first-order valence-corrected chi connectivity index (χ1v) is 8.47. The quantitative estimate of drug-likeness (QED) is 0.826. The zero-order valence-electron chi connectivity index (χ0n) is 12.5. The van der Waals surface area contributed by atoms with Crippen molar-refractivity contribution in [2.24, 2.45) is 5.92 Å². The van der Waals surface area contributed by atoms with E-state index in [-0.39, 0.29) is 12.0 Å². The fourth-order valence-electron chi connectivity index (χ4n) is 3.98. The Hall–Kier alpha value is -1.61. The van der Waals surface area contributed by atoms with Gasteiger partial charge in [-0.15, -0.1) is 0 Å². The predicted molar refractivity (Wildman–Crippen MR) is 87.0 cm³/mol. The molecule has 1 fully saturated rings. The molecule has 3 nitrogen and oxygen atoms in total. The second-order valence-electron chi connectivity index (χ2n) is 6.41. The van der Waals surface area contributed by atoms with Crippen LogP contribution in [-0.4, -0.2) is 15.3 Å². The molecule has 1 aromatic carbocycles. The van der Waals surface area contributed by atoms with Gasteiger partial charge in [0.1, 0.15) is 5.78 Å². The lowest BCUT2D eigenvalue weighted by Gasteiger charge is -2.23. The van der Waals surface area contributed by atoms with Crippen LogP contribution in [0.1, 0.15) is 50.1 Å². The highest BCUT2D eigenvalue weighted by Gasteiger charge is 2.33. The molecule has 2 aliphatic rings. The summed E-state index contributed by atoms with van der Waals surface area (Å²) in [6, 6.07) is 5.96. The van der Waals surface area contributed by atoms with E-state index in [4.69, 9.17) is 11.6 Å². The number of Topliss-reactive ketones (excluding diaryl/α,β-unsaturated/α-hetero) is 1. The Morgan fingerprint density at radius 2 is 2.09 bits per heavy atom. The molecule has 1 atom stereocenters. The van der Waals surface area contributed by atoms with Gasteiger partial charge in [0.2, 0.25) is 0 Å². The minimum atomic E-state index is 0.00984. The molecule has 4 rings (SSSR count). The SMILES string of the molecule is O=C(C[C@H]1c2c(Cl)cccc2-c2cncn21)C1CCCCC1. The van der Waals surface area contributed by atoms with Gasteiger partial charge < -0.3 is 4.57 Å². The Morgan fingerprint density at radius 3 is 2.91 bits per heavy atom. The van der Waals surface area contributed by atoms with Gasteiger partial charge in [0, 0.05) is 28.5 Å². The first kappa shape index (κ1) is 14.0. The fraction of sp³-hybridized carbons (Fsp3) is 0.444. The van der Waals surface area contributed by atoms with Crippen LogP contribution in [0.3, 0.4) is 0 Å². The topological polar surface area (TPSA) is 34.9 Å². The number of hydrogen-bond donors (Lipinski definition) is 0. The Bertz CT molecular complexity index is 716. The number of hydrogen-bond acceptors (Lipinski definition) is 2. The average Bonchev–Trinajstić information content (AvgIpc) is 3.12. The number of fused-ring (bicyclic) bond motifs is 3. The maximum Gasteiger partial charge on any atom is 0.138 e. The number of carbonyl (C=O) groups excluding carboxylic acids is 1. The van der Waals surface area contributed by atoms with E-state index in [0.29, 0.717) is 12.2 Å². The average molecular weight is 315 g/mol. The molecule has 1 aromatic heterocycles. The molecular weight excluding hydrogens is 296 g/mol. The highest BCUT2D eigenvalue weighted by molar-refractivity contribution is 6.32. The summed E-state index contributed by atoms with van der Waals surface area (Å²) in [4.78, 5) is 17.0. The summed E-state index contributed by atoms with van der Waals surface area (Å²) in [7, 11) is 0. The van der Waals surface area contributed by atoms with E-state index in [1.54, 1.807) is 0 Å². The van der Waals surface area contributed by atoms with Gasteiger partial charge in [-0.3, -0.25) is 4.79 Å². The minimum Gasteiger partial charge on any atom is -0.322 e. The molecule has 1 aliphatic carbocycles. The standard InChI is InChI=1S/C18H19ClN2O/c19-14-8-4-7-13-16-10-20-11-21(16)15(18(13)14)9-17(22)12-5-2-1-3-6-12/h4,7-8,10-12,15H,1-3,5-6,9H2/t15-/m0/s1.